The minimum atomic E-state index is -4.48. The maximum absolute atomic E-state index is 13.6. The summed E-state index contributed by atoms with van der Waals surface area (Å²) in [6, 6.07) is 2.24. The number of halogens is 3. The molecule has 0 aliphatic carbocycles. The second-order valence-corrected chi connectivity index (χ2v) is 7.34. The average molecular weight is 382 g/mol. The van der Waals surface area contributed by atoms with Gasteiger partial charge in [-0.1, -0.05) is 6.92 Å². The Hall–Kier alpha value is -2.45. The Bertz CT molecular complexity index is 807. The van der Waals surface area contributed by atoms with Crippen LogP contribution in [0.4, 0.5) is 19.0 Å². The third-order valence-electron chi connectivity index (χ3n) is 5.37. The number of amides is 1. The topological polar surface area (TPSA) is 63.3 Å². The number of anilines is 1. The Labute approximate surface area is 154 Å². The van der Waals surface area contributed by atoms with Crippen LogP contribution in [0.25, 0.3) is 0 Å². The highest BCUT2D eigenvalue weighted by Gasteiger charge is 2.47. The van der Waals surface area contributed by atoms with E-state index in [9.17, 15) is 18.0 Å². The number of fused-ring (bicyclic) bond motifs is 1. The zero-order valence-electron chi connectivity index (χ0n) is 14.9. The van der Waals surface area contributed by atoms with Gasteiger partial charge in [-0.2, -0.15) is 18.3 Å². The van der Waals surface area contributed by atoms with Gasteiger partial charge in [0.25, 0.3) is 5.91 Å². The number of likely N-dealkylation sites (tertiary alicyclic amines) is 1. The van der Waals surface area contributed by atoms with Gasteiger partial charge in [0.2, 0.25) is 0 Å². The number of furan rings is 1. The van der Waals surface area contributed by atoms with E-state index in [-0.39, 0.29) is 23.8 Å². The number of nitrogens with zero attached hydrogens (tertiary/aromatic N) is 3. The molecule has 2 unspecified atom stereocenters. The first-order valence-corrected chi connectivity index (χ1v) is 9.08. The molecule has 27 heavy (non-hydrogen) atoms. The number of hydrogen-bond acceptors (Lipinski definition) is 4. The van der Waals surface area contributed by atoms with E-state index in [0.29, 0.717) is 24.8 Å². The molecule has 1 saturated heterocycles. The lowest BCUT2D eigenvalue weighted by atomic mass is 9.99. The molecule has 1 fully saturated rings. The van der Waals surface area contributed by atoms with Crippen LogP contribution in [0.3, 0.4) is 0 Å². The van der Waals surface area contributed by atoms with Gasteiger partial charge >= 0.3 is 6.18 Å². The molecule has 0 spiro atoms. The van der Waals surface area contributed by atoms with Gasteiger partial charge in [0.05, 0.1) is 12.3 Å². The molecule has 6 nitrogen and oxygen atoms in total. The van der Waals surface area contributed by atoms with E-state index in [1.807, 2.05) is 0 Å². The molecule has 2 atom stereocenters. The van der Waals surface area contributed by atoms with Gasteiger partial charge in [0.1, 0.15) is 11.6 Å². The lowest BCUT2D eigenvalue weighted by molar-refractivity contribution is -0.174. The number of rotatable bonds is 2. The number of carbonyl (C=O) groups is 1. The lowest BCUT2D eigenvalue weighted by Gasteiger charge is -2.32. The Balaban J connectivity index is 1.63. The van der Waals surface area contributed by atoms with Gasteiger partial charge in [0.15, 0.2) is 11.7 Å². The fraction of sp³-hybridized carbons (Fsp3) is 0.556. The van der Waals surface area contributed by atoms with Crippen LogP contribution in [-0.2, 0) is 0 Å². The minimum Gasteiger partial charge on any atom is -0.467 e. The van der Waals surface area contributed by atoms with Crippen LogP contribution in [0.15, 0.2) is 28.9 Å². The zero-order valence-corrected chi connectivity index (χ0v) is 14.9. The Morgan fingerprint density at radius 3 is 2.70 bits per heavy atom. The van der Waals surface area contributed by atoms with E-state index in [4.69, 9.17) is 4.42 Å². The van der Waals surface area contributed by atoms with E-state index in [1.54, 1.807) is 17.0 Å². The molecule has 0 bridgehead atoms. The largest absolute Gasteiger partial charge is 0.467 e. The first-order chi connectivity index (χ1) is 12.8. The van der Waals surface area contributed by atoms with Crippen LogP contribution in [0, 0.1) is 5.92 Å². The molecule has 2 aromatic heterocycles. The molecule has 4 rings (SSSR count). The van der Waals surface area contributed by atoms with Crippen molar-refractivity contribution in [2.45, 2.75) is 44.4 Å². The molecular formula is C18H21F3N4O2. The highest BCUT2D eigenvalue weighted by Crippen LogP contribution is 2.43. The van der Waals surface area contributed by atoms with Gasteiger partial charge in [-0.15, -0.1) is 0 Å². The highest BCUT2D eigenvalue weighted by atomic mass is 19.4. The average Bonchev–Trinajstić information content (AvgIpc) is 3.29. The Kier molecular flexibility index (Phi) is 4.39. The van der Waals surface area contributed by atoms with Crippen molar-refractivity contribution in [1.82, 2.24) is 14.7 Å². The highest BCUT2D eigenvalue weighted by molar-refractivity contribution is 5.93. The van der Waals surface area contributed by atoms with Gasteiger partial charge < -0.3 is 14.6 Å². The molecule has 0 radical (unpaired) electrons. The van der Waals surface area contributed by atoms with E-state index in [0.717, 1.165) is 17.5 Å². The standard InChI is InChI=1S/C18H21F3N4O2/c1-11-4-6-24(7-5-11)17(26)13-10-16-22-12(14-3-2-8-27-14)9-15(18(19,20)21)25(16)23-13/h2-3,8,10-12,15,22H,4-7,9H2,1H3. The van der Waals surface area contributed by atoms with Crippen LogP contribution in [-0.4, -0.2) is 39.9 Å². The number of alkyl halides is 3. The van der Waals surface area contributed by atoms with Crippen molar-refractivity contribution in [2.75, 3.05) is 18.4 Å². The van der Waals surface area contributed by atoms with Crippen molar-refractivity contribution in [3.05, 3.63) is 35.9 Å². The van der Waals surface area contributed by atoms with E-state index >= 15 is 0 Å². The Morgan fingerprint density at radius 1 is 1.33 bits per heavy atom. The first kappa shape index (κ1) is 17.9. The summed E-state index contributed by atoms with van der Waals surface area (Å²) in [5, 5.41) is 7.04. The fourth-order valence-corrected chi connectivity index (χ4v) is 3.73. The van der Waals surface area contributed by atoms with E-state index < -0.39 is 18.3 Å². The normalized spacial score (nSPS) is 23.8. The summed E-state index contributed by atoms with van der Waals surface area (Å²) in [5.74, 6) is 0.837. The summed E-state index contributed by atoms with van der Waals surface area (Å²) in [4.78, 5) is 14.4. The quantitative estimate of drug-likeness (QED) is 0.853. The second kappa shape index (κ2) is 6.61. The molecule has 9 heteroatoms. The minimum absolute atomic E-state index is 0.0430. The van der Waals surface area contributed by atoms with Crippen LogP contribution in [0.5, 0.6) is 0 Å². The molecule has 2 aromatic rings. The summed E-state index contributed by atoms with van der Waals surface area (Å²) in [6.07, 6.45) is -1.51. The fourth-order valence-electron chi connectivity index (χ4n) is 3.73. The molecule has 146 valence electrons. The summed E-state index contributed by atoms with van der Waals surface area (Å²) < 4.78 is 47.0. The van der Waals surface area contributed by atoms with Crippen molar-refractivity contribution < 1.29 is 22.4 Å². The third-order valence-corrected chi connectivity index (χ3v) is 5.37. The van der Waals surface area contributed by atoms with Gasteiger partial charge in [-0.25, -0.2) is 4.68 Å². The molecule has 4 heterocycles. The molecule has 0 aromatic carbocycles. The number of carbonyl (C=O) groups excluding carboxylic acids is 1. The molecule has 1 N–H and O–H groups in total. The number of aromatic nitrogens is 2. The van der Waals surface area contributed by atoms with E-state index in [1.165, 1.54) is 12.3 Å². The van der Waals surface area contributed by atoms with Crippen molar-refractivity contribution in [1.29, 1.82) is 0 Å². The predicted molar refractivity (Wildman–Crippen MR) is 91.3 cm³/mol. The summed E-state index contributed by atoms with van der Waals surface area (Å²) in [7, 11) is 0. The summed E-state index contributed by atoms with van der Waals surface area (Å²) in [6.45, 7) is 3.34. The molecule has 2 aliphatic rings. The smallest absolute Gasteiger partial charge is 0.410 e. The zero-order chi connectivity index (χ0) is 19.2. The van der Waals surface area contributed by atoms with Crippen molar-refractivity contribution in [3.63, 3.8) is 0 Å². The monoisotopic (exact) mass is 382 g/mol. The third kappa shape index (κ3) is 3.42. The first-order valence-electron chi connectivity index (χ1n) is 9.08. The summed E-state index contributed by atoms with van der Waals surface area (Å²) in [5.41, 5.74) is 0.0430. The van der Waals surface area contributed by atoms with Crippen molar-refractivity contribution in [3.8, 4) is 0 Å². The number of nitrogens with one attached hydrogen (secondary N) is 1. The molecule has 2 aliphatic heterocycles. The van der Waals surface area contributed by atoms with Crippen LogP contribution < -0.4 is 5.32 Å². The van der Waals surface area contributed by atoms with E-state index in [2.05, 4.69) is 17.3 Å². The second-order valence-electron chi connectivity index (χ2n) is 7.34. The maximum Gasteiger partial charge on any atom is 0.410 e. The van der Waals surface area contributed by atoms with Crippen LogP contribution in [0.2, 0.25) is 0 Å². The van der Waals surface area contributed by atoms with Gasteiger partial charge in [0, 0.05) is 25.6 Å². The van der Waals surface area contributed by atoms with Gasteiger partial charge in [-0.05, 0) is 30.9 Å². The predicted octanol–water partition coefficient (Wildman–Crippen LogP) is 4.01. The number of piperidine rings is 1. The number of hydrogen-bond donors (Lipinski definition) is 1. The van der Waals surface area contributed by atoms with Crippen molar-refractivity contribution >= 4 is 11.7 Å². The lowest BCUT2D eigenvalue weighted by Crippen LogP contribution is -2.38. The molecule has 1 amide bonds. The van der Waals surface area contributed by atoms with Crippen LogP contribution >= 0.6 is 0 Å². The summed E-state index contributed by atoms with van der Waals surface area (Å²) >= 11 is 0. The van der Waals surface area contributed by atoms with Gasteiger partial charge in [-0.3, -0.25) is 4.79 Å². The SMILES string of the molecule is CC1CCN(C(=O)c2cc3n(n2)C(C(F)(F)F)CC(c2ccco2)N3)CC1. The van der Waals surface area contributed by atoms with Crippen LogP contribution in [0.1, 0.15) is 54.5 Å². The van der Waals surface area contributed by atoms with Crippen molar-refractivity contribution in [2.24, 2.45) is 5.92 Å². The maximum atomic E-state index is 13.6. The molecular weight excluding hydrogens is 361 g/mol. The molecule has 0 saturated carbocycles. The Morgan fingerprint density at radius 2 is 2.07 bits per heavy atom.